The van der Waals surface area contributed by atoms with Gasteiger partial charge in [-0.2, -0.15) is 0 Å². The molecule has 0 fully saturated rings. The van der Waals surface area contributed by atoms with Crippen LogP contribution in [0.1, 0.15) is 19.4 Å². The molecule has 5 heteroatoms. The van der Waals surface area contributed by atoms with Crippen molar-refractivity contribution in [2.45, 2.75) is 19.6 Å². The van der Waals surface area contributed by atoms with E-state index in [4.69, 9.17) is 11.6 Å². The van der Waals surface area contributed by atoms with Gasteiger partial charge in [-0.05, 0) is 31.5 Å². The quantitative estimate of drug-likeness (QED) is 0.789. The predicted octanol–water partition coefficient (Wildman–Crippen LogP) is 3.12. The number of carbonyl (C=O) groups is 1. The van der Waals surface area contributed by atoms with Crippen LogP contribution in [0.2, 0.25) is 5.02 Å². The second-order valence-corrected chi connectivity index (χ2v) is 5.19. The molecule has 18 heavy (non-hydrogen) atoms. The van der Waals surface area contributed by atoms with Crippen LogP contribution in [0, 0.1) is 0 Å². The van der Waals surface area contributed by atoms with Crippen molar-refractivity contribution >= 4 is 29.3 Å². The zero-order valence-corrected chi connectivity index (χ0v) is 12.1. The number of hydrogen-bond donors (Lipinski definition) is 2. The average Bonchev–Trinajstić information content (AvgIpc) is 2.38. The second kappa shape index (κ2) is 8.06. The number of halogens is 1. The first kappa shape index (κ1) is 14.9. The maximum atomic E-state index is 11.5. The maximum Gasteiger partial charge on any atom is 0.248 e. The first-order valence-electron chi connectivity index (χ1n) is 5.61. The third kappa shape index (κ3) is 5.98. The third-order valence-corrected chi connectivity index (χ3v) is 3.50. The fraction of sp³-hybridized carbons (Fsp3) is 0.308. The lowest BCUT2D eigenvalue weighted by atomic mass is 10.2. The van der Waals surface area contributed by atoms with Crippen molar-refractivity contribution in [1.82, 2.24) is 10.9 Å². The van der Waals surface area contributed by atoms with Crippen LogP contribution < -0.4 is 10.9 Å². The Bertz CT molecular complexity index is 418. The van der Waals surface area contributed by atoms with Crippen LogP contribution in [-0.4, -0.2) is 11.7 Å². The van der Waals surface area contributed by atoms with E-state index in [1.807, 2.05) is 44.2 Å². The lowest BCUT2D eigenvalue weighted by molar-refractivity contribution is -0.119. The zero-order chi connectivity index (χ0) is 13.4. The number of amides is 1. The molecule has 1 aromatic rings. The van der Waals surface area contributed by atoms with E-state index in [1.54, 1.807) is 11.8 Å². The standard InChI is InChI=1S/C13H17ClN2OS/c1-3-10(2)15-16-13(17)9-18-8-11-4-6-12(14)7-5-11/h3-7,15H,8-9H2,1-2H3,(H,16,17). The van der Waals surface area contributed by atoms with Crippen LogP contribution in [0.3, 0.4) is 0 Å². The summed E-state index contributed by atoms with van der Waals surface area (Å²) in [6.07, 6.45) is 1.89. The number of allylic oxidation sites excluding steroid dienone is 2. The highest BCUT2D eigenvalue weighted by molar-refractivity contribution is 7.99. The fourth-order valence-electron chi connectivity index (χ4n) is 1.12. The molecule has 0 aliphatic carbocycles. The molecule has 2 N–H and O–H groups in total. The van der Waals surface area contributed by atoms with E-state index in [-0.39, 0.29) is 5.91 Å². The van der Waals surface area contributed by atoms with Crippen molar-refractivity contribution in [3.63, 3.8) is 0 Å². The summed E-state index contributed by atoms with van der Waals surface area (Å²) >= 11 is 7.36. The van der Waals surface area contributed by atoms with E-state index in [1.165, 1.54) is 0 Å². The SMILES string of the molecule is CC=C(C)NNC(=O)CSCc1ccc(Cl)cc1. The summed E-state index contributed by atoms with van der Waals surface area (Å²) in [5.41, 5.74) is 7.53. The van der Waals surface area contributed by atoms with Gasteiger partial charge < -0.3 is 5.43 Å². The van der Waals surface area contributed by atoms with Crippen molar-refractivity contribution < 1.29 is 4.79 Å². The van der Waals surface area contributed by atoms with Crippen LogP contribution >= 0.6 is 23.4 Å². The monoisotopic (exact) mass is 284 g/mol. The molecular formula is C13H17ClN2OS. The van der Waals surface area contributed by atoms with Crippen LogP contribution in [0.5, 0.6) is 0 Å². The second-order valence-electron chi connectivity index (χ2n) is 3.76. The molecule has 0 bridgehead atoms. The lowest BCUT2D eigenvalue weighted by Gasteiger charge is -2.08. The number of thioether (sulfide) groups is 1. The first-order valence-corrected chi connectivity index (χ1v) is 7.15. The number of hydrogen-bond acceptors (Lipinski definition) is 3. The Kier molecular flexibility index (Phi) is 6.68. The largest absolute Gasteiger partial charge is 0.303 e. The van der Waals surface area contributed by atoms with Gasteiger partial charge in [0.05, 0.1) is 5.75 Å². The summed E-state index contributed by atoms with van der Waals surface area (Å²) in [4.78, 5) is 11.5. The van der Waals surface area contributed by atoms with Crippen LogP contribution in [0.15, 0.2) is 36.0 Å². The Morgan fingerprint density at radius 2 is 2.00 bits per heavy atom. The minimum atomic E-state index is -0.0323. The molecule has 0 aliphatic heterocycles. The van der Waals surface area contributed by atoms with E-state index in [0.717, 1.165) is 22.0 Å². The summed E-state index contributed by atoms with van der Waals surface area (Å²) < 4.78 is 0. The third-order valence-electron chi connectivity index (χ3n) is 2.25. The van der Waals surface area contributed by atoms with Crippen molar-refractivity contribution in [3.05, 3.63) is 46.6 Å². The lowest BCUT2D eigenvalue weighted by Crippen LogP contribution is -2.37. The van der Waals surface area contributed by atoms with Gasteiger partial charge in [0.2, 0.25) is 5.91 Å². The maximum absolute atomic E-state index is 11.5. The Morgan fingerprint density at radius 3 is 2.61 bits per heavy atom. The van der Waals surface area contributed by atoms with Crippen molar-refractivity contribution in [1.29, 1.82) is 0 Å². The summed E-state index contributed by atoms with van der Waals surface area (Å²) in [5.74, 6) is 1.19. The molecule has 3 nitrogen and oxygen atoms in total. The summed E-state index contributed by atoms with van der Waals surface area (Å²) in [6.45, 7) is 3.80. The van der Waals surface area contributed by atoms with Gasteiger partial charge in [-0.1, -0.05) is 29.8 Å². The molecule has 1 amide bonds. The average molecular weight is 285 g/mol. The molecule has 0 heterocycles. The highest BCUT2D eigenvalue weighted by Crippen LogP contribution is 2.15. The molecule has 0 aliphatic rings. The van der Waals surface area contributed by atoms with E-state index >= 15 is 0 Å². The minimum absolute atomic E-state index is 0.0323. The molecule has 0 atom stereocenters. The van der Waals surface area contributed by atoms with Gasteiger partial charge in [0.1, 0.15) is 0 Å². The Balaban J connectivity index is 2.21. The van der Waals surface area contributed by atoms with Gasteiger partial charge in [0.15, 0.2) is 0 Å². The Labute approximate surface area is 117 Å². The molecule has 0 saturated carbocycles. The van der Waals surface area contributed by atoms with Crippen molar-refractivity contribution in [2.24, 2.45) is 0 Å². The first-order chi connectivity index (χ1) is 8.61. The predicted molar refractivity (Wildman–Crippen MR) is 78.3 cm³/mol. The van der Waals surface area contributed by atoms with Gasteiger partial charge in [0.25, 0.3) is 0 Å². The van der Waals surface area contributed by atoms with E-state index in [2.05, 4.69) is 10.9 Å². The number of carbonyl (C=O) groups excluding carboxylic acids is 1. The molecule has 0 aromatic heterocycles. The Morgan fingerprint density at radius 1 is 1.33 bits per heavy atom. The van der Waals surface area contributed by atoms with Gasteiger partial charge in [-0.25, -0.2) is 0 Å². The Hall–Kier alpha value is -1.13. The van der Waals surface area contributed by atoms with Gasteiger partial charge in [-0.15, -0.1) is 11.8 Å². The number of nitrogens with one attached hydrogen (secondary N) is 2. The fourth-order valence-corrected chi connectivity index (χ4v) is 2.03. The minimum Gasteiger partial charge on any atom is -0.303 e. The van der Waals surface area contributed by atoms with E-state index in [0.29, 0.717) is 5.75 Å². The van der Waals surface area contributed by atoms with Crippen molar-refractivity contribution in [2.75, 3.05) is 5.75 Å². The normalized spacial score (nSPS) is 11.2. The number of benzene rings is 1. The number of hydrazine groups is 1. The smallest absolute Gasteiger partial charge is 0.248 e. The molecule has 1 rings (SSSR count). The summed E-state index contributed by atoms with van der Waals surface area (Å²) in [6, 6.07) is 7.65. The van der Waals surface area contributed by atoms with Crippen molar-refractivity contribution in [3.8, 4) is 0 Å². The molecule has 0 unspecified atom stereocenters. The highest BCUT2D eigenvalue weighted by Gasteiger charge is 2.01. The van der Waals surface area contributed by atoms with Crippen LogP contribution in [0.4, 0.5) is 0 Å². The number of rotatable bonds is 6. The van der Waals surface area contributed by atoms with Crippen LogP contribution in [0.25, 0.3) is 0 Å². The topological polar surface area (TPSA) is 41.1 Å². The summed E-state index contributed by atoms with van der Waals surface area (Å²) in [7, 11) is 0. The molecule has 0 saturated heterocycles. The molecular weight excluding hydrogens is 268 g/mol. The summed E-state index contributed by atoms with van der Waals surface area (Å²) in [5, 5.41) is 0.729. The highest BCUT2D eigenvalue weighted by atomic mass is 35.5. The molecule has 0 spiro atoms. The van der Waals surface area contributed by atoms with E-state index in [9.17, 15) is 4.79 Å². The molecule has 1 aromatic carbocycles. The molecule has 0 radical (unpaired) electrons. The van der Waals surface area contributed by atoms with E-state index < -0.39 is 0 Å². The van der Waals surface area contributed by atoms with Gasteiger partial charge in [-0.3, -0.25) is 10.2 Å². The molecule has 98 valence electrons. The van der Waals surface area contributed by atoms with Crippen LogP contribution in [-0.2, 0) is 10.5 Å². The van der Waals surface area contributed by atoms with Gasteiger partial charge in [0, 0.05) is 16.5 Å². The zero-order valence-electron chi connectivity index (χ0n) is 10.5. The van der Waals surface area contributed by atoms with Gasteiger partial charge >= 0.3 is 0 Å².